The Morgan fingerprint density at radius 1 is 0.581 bits per heavy atom. The average molecular weight is 915 g/mol. The molecule has 4 N–H and O–H groups in total. The van der Waals surface area contributed by atoms with Crippen molar-refractivity contribution in [3.63, 3.8) is 0 Å². The number of ether oxygens (including phenoxy) is 3. The van der Waals surface area contributed by atoms with Crippen molar-refractivity contribution >= 4 is 27.6 Å². The predicted molar refractivity (Wildman–Crippen MR) is 243 cm³/mol. The van der Waals surface area contributed by atoms with Gasteiger partial charge in [-0.1, -0.05) is 125 Å². The van der Waals surface area contributed by atoms with Gasteiger partial charge in [0, 0.05) is 12.8 Å². The molecule has 0 saturated carbocycles. The molecule has 354 valence electrons. The van der Waals surface area contributed by atoms with Crippen molar-refractivity contribution in [1.29, 1.82) is 0 Å². The Hall–Kier alpha value is -2.74. The zero-order valence-electron chi connectivity index (χ0n) is 37.1. The summed E-state index contributed by atoms with van der Waals surface area (Å²) in [6.45, 7) is 1.49. The lowest BCUT2D eigenvalue weighted by atomic mass is 10.1. The first-order valence-electron chi connectivity index (χ1n) is 22.4. The monoisotopic (exact) mass is 914 g/mol. The zero-order valence-corrected chi connectivity index (χ0v) is 38.9. The van der Waals surface area contributed by atoms with E-state index >= 15 is 0 Å². The zero-order chi connectivity index (χ0) is 45.6. The fourth-order valence-corrected chi connectivity index (χ4v) is 6.87. The van der Waals surface area contributed by atoms with Gasteiger partial charge in [-0.15, -0.1) is 0 Å². The van der Waals surface area contributed by atoms with Crippen LogP contribution in [0.25, 0.3) is 0 Å². The Bertz CT molecular complexity index is 1480. The summed E-state index contributed by atoms with van der Waals surface area (Å²) in [5.41, 5.74) is 0. The number of carbonyl (C=O) groups excluding carboxylic acids is 2. The normalized spacial score (nSPS) is 18.0. The number of epoxide rings is 1. The van der Waals surface area contributed by atoms with Gasteiger partial charge < -0.3 is 34.0 Å². The summed E-state index contributed by atoms with van der Waals surface area (Å²) >= 11 is 0. The number of esters is 2. The van der Waals surface area contributed by atoms with Crippen LogP contribution in [0, 0.1) is 0 Å². The number of unbranched alkanes of at least 4 members (excludes halogenated alkanes) is 7. The van der Waals surface area contributed by atoms with E-state index in [-0.39, 0.29) is 25.0 Å². The molecule has 0 aromatic heterocycles. The first-order chi connectivity index (χ1) is 29.8. The summed E-state index contributed by atoms with van der Waals surface area (Å²) in [6, 6.07) is 0. The molecule has 0 spiro atoms. The third-order valence-corrected chi connectivity index (χ3v) is 10.6. The number of hydrogen-bond donors (Lipinski definition) is 4. The van der Waals surface area contributed by atoms with E-state index in [2.05, 4.69) is 108 Å². The quantitative estimate of drug-likeness (QED) is 0.0148. The molecule has 1 aliphatic rings. The predicted octanol–water partition coefficient (Wildman–Crippen LogP) is 10.5. The van der Waals surface area contributed by atoms with E-state index in [9.17, 15) is 28.7 Å². The minimum atomic E-state index is -4.88. The number of rotatable bonds is 40. The van der Waals surface area contributed by atoms with Crippen LogP contribution in [0.1, 0.15) is 142 Å². The van der Waals surface area contributed by atoms with E-state index in [0.29, 0.717) is 19.3 Å². The molecule has 1 heterocycles. The number of phosphoric acid groups is 2. The van der Waals surface area contributed by atoms with Gasteiger partial charge in [-0.25, -0.2) is 9.13 Å². The number of allylic oxidation sites excluding steroid dienone is 13. The number of carbonyl (C=O) groups is 2. The summed E-state index contributed by atoms with van der Waals surface area (Å²) < 4.78 is 53.6. The van der Waals surface area contributed by atoms with Crippen LogP contribution >= 0.6 is 15.6 Å². The summed E-state index contributed by atoms with van der Waals surface area (Å²) in [4.78, 5) is 52.9. The van der Waals surface area contributed by atoms with Gasteiger partial charge in [0.05, 0.1) is 32.0 Å². The fraction of sp³-hybridized carbons (Fsp3) is 0.652. The fourth-order valence-electron chi connectivity index (χ4n) is 5.72. The molecule has 1 rings (SSSR count). The second-order valence-corrected chi connectivity index (χ2v) is 17.7. The molecule has 1 saturated heterocycles. The molecular weight excluding hydrogens is 838 g/mol. The molecule has 1 aliphatic heterocycles. The van der Waals surface area contributed by atoms with Crippen LogP contribution in [0.2, 0.25) is 0 Å². The molecule has 0 bridgehead atoms. The Balaban J connectivity index is 2.43. The van der Waals surface area contributed by atoms with Gasteiger partial charge in [0.1, 0.15) is 12.7 Å². The summed E-state index contributed by atoms with van der Waals surface area (Å²) in [6.07, 6.45) is 44.5. The molecule has 3 unspecified atom stereocenters. The topological polar surface area (TPSA) is 208 Å². The Kier molecular flexibility index (Phi) is 34.8. The molecular formula is C46H76O14P2. The molecule has 5 atom stereocenters. The van der Waals surface area contributed by atoms with Crippen LogP contribution in [0.3, 0.4) is 0 Å². The van der Waals surface area contributed by atoms with E-state index in [0.717, 1.165) is 77.0 Å². The van der Waals surface area contributed by atoms with E-state index in [1.165, 1.54) is 19.3 Å². The van der Waals surface area contributed by atoms with E-state index in [4.69, 9.17) is 28.5 Å². The van der Waals surface area contributed by atoms with Crippen LogP contribution < -0.4 is 0 Å². The lowest BCUT2D eigenvalue weighted by Gasteiger charge is -2.20. The number of phosphoric ester groups is 2. The summed E-state index contributed by atoms with van der Waals surface area (Å²) in [5, 5.41) is 9.76. The summed E-state index contributed by atoms with van der Waals surface area (Å²) in [5.74, 6) is -1.14. The largest absolute Gasteiger partial charge is 0.472 e. The number of hydrogen-bond acceptors (Lipinski definition) is 11. The molecule has 14 nitrogen and oxygen atoms in total. The molecule has 0 aliphatic carbocycles. The highest BCUT2D eigenvalue weighted by atomic mass is 31.2. The third kappa shape index (κ3) is 37.8. The highest BCUT2D eigenvalue weighted by Gasteiger charge is 2.36. The van der Waals surface area contributed by atoms with Crippen molar-refractivity contribution in [2.75, 3.05) is 26.4 Å². The minimum Gasteiger partial charge on any atom is -0.462 e. The van der Waals surface area contributed by atoms with Gasteiger partial charge in [0.15, 0.2) is 6.10 Å². The first-order valence-corrected chi connectivity index (χ1v) is 25.4. The van der Waals surface area contributed by atoms with Crippen molar-refractivity contribution in [3.8, 4) is 0 Å². The lowest BCUT2D eigenvalue weighted by molar-refractivity contribution is -0.161. The van der Waals surface area contributed by atoms with Crippen LogP contribution in [-0.2, 0) is 46.5 Å². The molecule has 1 fully saturated rings. The standard InChI is InChI=1S/C46H76O14P2/c1-3-5-7-9-11-13-15-17-18-19-20-21-23-25-27-29-31-35-46(49)59-42(40-58-62(53,54)57-38-41(47)37-56-61(50,51)52)39-55-45(48)36-32-34-44-43(60-44)33-30-28-26-24-22-16-14-12-10-8-6-4-2/h5,7,11-14,17-18,20-22,24,28,30,41-44,47H,3-4,6,8-10,15-16,19,23,25-27,29,31-40H2,1-2H3,(H,53,54)(H2,50,51,52)/b7-5-,13-11-,14-12-,18-17-,21-20-,24-22-,30-28-/t41-,42+,43?,44?/m0/s1. The van der Waals surface area contributed by atoms with Gasteiger partial charge >= 0.3 is 27.6 Å². The van der Waals surface area contributed by atoms with Gasteiger partial charge in [0.25, 0.3) is 0 Å². The van der Waals surface area contributed by atoms with Crippen LogP contribution in [0.5, 0.6) is 0 Å². The molecule has 0 radical (unpaired) electrons. The van der Waals surface area contributed by atoms with Crippen LogP contribution in [0.15, 0.2) is 85.1 Å². The van der Waals surface area contributed by atoms with Gasteiger partial charge in [-0.05, 0) is 89.9 Å². The third-order valence-electron chi connectivity index (χ3n) is 9.18. The van der Waals surface area contributed by atoms with Crippen molar-refractivity contribution in [3.05, 3.63) is 85.1 Å². The molecule has 0 amide bonds. The molecule has 0 aromatic carbocycles. The van der Waals surface area contributed by atoms with Crippen molar-refractivity contribution in [2.45, 2.75) is 167 Å². The van der Waals surface area contributed by atoms with Gasteiger partial charge in [0.2, 0.25) is 0 Å². The van der Waals surface area contributed by atoms with E-state index in [1.807, 2.05) is 0 Å². The minimum absolute atomic E-state index is 0.0725. The second-order valence-electron chi connectivity index (χ2n) is 15.0. The second kappa shape index (κ2) is 37.6. The first kappa shape index (κ1) is 57.3. The van der Waals surface area contributed by atoms with Crippen LogP contribution in [-0.4, -0.2) is 82.6 Å². The smallest absolute Gasteiger partial charge is 0.462 e. The van der Waals surface area contributed by atoms with Crippen molar-refractivity contribution < 1.29 is 66.3 Å². The SMILES string of the molecule is CC/C=C\C/C=C\C/C=C\C/C=C\CCCCCCC(=O)O[C@H](COC(=O)CCCC1OC1C/C=C\C/C=C\C/C=C\CCCCC)COP(=O)(O)OC[C@@H](O)COP(=O)(O)O. The molecule has 62 heavy (non-hydrogen) atoms. The van der Waals surface area contributed by atoms with Gasteiger partial charge in [-0.3, -0.25) is 23.2 Å². The average Bonchev–Trinajstić information content (AvgIpc) is 3.99. The summed E-state index contributed by atoms with van der Waals surface area (Å²) in [7, 11) is -9.72. The highest BCUT2D eigenvalue weighted by molar-refractivity contribution is 7.47. The van der Waals surface area contributed by atoms with Crippen molar-refractivity contribution in [1.82, 2.24) is 0 Å². The maximum absolute atomic E-state index is 12.7. The Morgan fingerprint density at radius 2 is 1.10 bits per heavy atom. The molecule has 0 aromatic rings. The number of aliphatic hydroxyl groups is 1. The molecule has 16 heteroatoms. The Morgan fingerprint density at radius 3 is 1.69 bits per heavy atom. The lowest BCUT2D eigenvalue weighted by Crippen LogP contribution is -2.30. The maximum Gasteiger partial charge on any atom is 0.472 e. The van der Waals surface area contributed by atoms with Crippen molar-refractivity contribution in [2.24, 2.45) is 0 Å². The highest BCUT2D eigenvalue weighted by Crippen LogP contribution is 2.44. The Labute approximate surface area is 371 Å². The van der Waals surface area contributed by atoms with E-state index in [1.54, 1.807) is 0 Å². The van der Waals surface area contributed by atoms with Crippen LogP contribution in [0.4, 0.5) is 0 Å². The maximum atomic E-state index is 12.7. The van der Waals surface area contributed by atoms with E-state index < -0.39 is 66.2 Å². The number of aliphatic hydroxyl groups excluding tert-OH is 1. The van der Waals surface area contributed by atoms with Gasteiger partial charge in [-0.2, -0.15) is 0 Å².